The van der Waals surface area contributed by atoms with Gasteiger partial charge in [0.05, 0.1) is 5.60 Å². The van der Waals surface area contributed by atoms with E-state index in [0.29, 0.717) is 19.4 Å². The van der Waals surface area contributed by atoms with Crippen molar-refractivity contribution in [2.45, 2.75) is 142 Å². The lowest BCUT2D eigenvalue weighted by Crippen LogP contribution is -2.45. The van der Waals surface area contributed by atoms with E-state index in [1.54, 1.807) is 0 Å². The fraction of sp³-hybridized carbons (Fsp3) is 0.958. The number of Topliss-reactive ketones (excluding diaryl/α,β-unsaturated/α-hetero) is 1. The number of hydrogen-bond donors (Lipinski definition) is 0. The predicted molar refractivity (Wildman–Crippen MR) is 125 cm³/mol. The molecule has 0 radical (unpaired) electrons. The van der Waals surface area contributed by atoms with E-state index in [1.165, 1.54) is 44.9 Å². The van der Waals surface area contributed by atoms with Gasteiger partial charge in [-0.3, -0.25) is 9.36 Å². The number of carbonyl (C=O) groups excluding carboxylic acids is 1. The topological polar surface area (TPSA) is 46.6 Å². The van der Waals surface area contributed by atoms with Gasteiger partial charge in [-0.1, -0.05) is 65.2 Å². The molecule has 5 heteroatoms. The summed E-state index contributed by atoms with van der Waals surface area (Å²) in [6.07, 6.45) is 12.1. The van der Waals surface area contributed by atoms with Gasteiger partial charge in [-0.15, -0.1) is 0 Å². The maximum atomic E-state index is 14.2. The maximum Gasteiger partial charge on any atom is 0.286 e. The van der Waals surface area contributed by atoms with E-state index in [9.17, 15) is 9.36 Å². The van der Waals surface area contributed by atoms with Crippen LogP contribution in [-0.4, -0.2) is 33.3 Å². The third-order valence-electron chi connectivity index (χ3n) is 6.41. The lowest BCUT2D eigenvalue weighted by molar-refractivity contribution is -0.121. The highest BCUT2D eigenvalue weighted by molar-refractivity contribution is 7.59. The molecular formula is C24H48NO3P. The Morgan fingerprint density at radius 2 is 1.41 bits per heavy atom. The molecule has 1 heterocycles. The summed E-state index contributed by atoms with van der Waals surface area (Å²) in [4.78, 5) is 13.3. The molecule has 0 spiro atoms. The zero-order valence-electron chi connectivity index (χ0n) is 20.6. The molecule has 172 valence electrons. The van der Waals surface area contributed by atoms with Crippen LogP contribution in [0, 0.1) is 0 Å². The van der Waals surface area contributed by atoms with E-state index in [2.05, 4.69) is 27.7 Å². The van der Waals surface area contributed by atoms with E-state index in [-0.39, 0.29) is 11.3 Å². The summed E-state index contributed by atoms with van der Waals surface area (Å²) < 4.78 is 22.4. The average molecular weight is 430 g/mol. The van der Waals surface area contributed by atoms with Crippen LogP contribution in [0.25, 0.3) is 0 Å². The van der Waals surface area contributed by atoms with Gasteiger partial charge in [0.2, 0.25) is 0 Å². The summed E-state index contributed by atoms with van der Waals surface area (Å²) in [5.41, 5.74) is -0.810. The minimum atomic E-state index is -3.29. The van der Waals surface area contributed by atoms with E-state index >= 15 is 0 Å². The molecule has 0 bridgehead atoms. The first-order valence-corrected chi connectivity index (χ1v) is 13.5. The average Bonchev–Trinajstić information content (AvgIpc) is 2.90. The molecule has 0 saturated carbocycles. The van der Waals surface area contributed by atoms with Crippen LogP contribution in [0.15, 0.2) is 0 Å². The number of unbranched alkanes of at least 4 members (excludes halogenated alkanes) is 8. The number of carbonyl (C=O) groups is 1. The third kappa shape index (κ3) is 6.91. The molecule has 1 aliphatic rings. The van der Waals surface area contributed by atoms with Crippen molar-refractivity contribution in [1.82, 2.24) is 4.67 Å². The van der Waals surface area contributed by atoms with Crippen LogP contribution in [-0.2, 0) is 13.9 Å². The van der Waals surface area contributed by atoms with E-state index in [0.717, 1.165) is 12.8 Å². The van der Waals surface area contributed by atoms with Crippen molar-refractivity contribution in [3.8, 4) is 0 Å². The highest BCUT2D eigenvalue weighted by Crippen LogP contribution is 2.71. The van der Waals surface area contributed by atoms with Crippen molar-refractivity contribution >= 4 is 13.3 Å². The molecule has 0 aromatic rings. The quantitative estimate of drug-likeness (QED) is 0.222. The molecule has 0 unspecified atom stereocenters. The Hall–Kier alpha value is -0.180. The summed E-state index contributed by atoms with van der Waals surface area (Å²) in [7, 11) is -3.29. The minimum Gasteiger partial charge on any atom is -0.309 e. The maximum absolute atomic E-state index is 14.2. The first-order chi connectivity index (χ1) is 13.3. The highest BCUT2D eigenvalue weighted by atomic mass is 31.2. The molecule has 0 aromatic heterocycles. The lowest BCUT2D eigenvalue weighted by atomic mass is 9.97. The van der Waals surface area contributed by atoms with E-state index < -0.39 is 18.3 Å². The molecule has 0 N–H and O–H groups in total. The van der Waals surface area contributed by atoms with Crippen molar-refractivity contribution in [2.75, 3.05) is 6.54 Å². The number of nitrogens with zero attached hydrogens (tertiary/aromatic N) is 1. The normalized spacial score (nSPS) is 24.6. The van der Waals surface area contributed by atoms with Crippen molar-refractivity contribution in [1.29, 1.82) is 0 Å². The summed E-state index contributed by atoms with van der Waals surface area (Å²) >= 11 is 0. The smallest absolute Gasteiger partial charge is 0.286 e. The second-order valence-corrected chi connectivity index (χ2v) is 13.4. The van der Waals surface area contributed by atoms with Gasteiger partial charge >= 0.3 is 0 Å². The van der Waals surface area contributed by atoms with Crippen LogP contribution in [0.2, 0.25) is 0 Å². The fourth-order valence-corrected chi connectivity index (χ4v) is 7.99. The highest BCUT2D eigenvalue weighted by Gasteiger charge is 2.62. The fourth-order valence-electron chi connectivity index (χ4n) is 4.29. The molecule has 1 fully saturated rings. The molecule has 1 saturated heterocycles. The van der Waals surface area contributed by atoms with Crippen LogP contribution >= 0.6 is 7.52 Å². The zero-order chi connectivity index (χ0) is 22.3. The number of ketones is 1. The van der Waals surface area contributed by atoms with Crippen molar-refractivity contribution < 1.29 is 13.9 Å². The summed E-state index contributed by atoms with van der Waals surface area (Å²) in [6.45, 7) is 16.8. The Bertz CT molecular complexity index is 567. The summed E-state index contributed by atoms with van der Waals surface area (Å²) in [6, 6.07) is 0. The van der Waals surface area contributed by atoms with Crippen molar-refractivity contribution in [3.05, 3.63) is 0 Å². The Labute approximate surface area is 181 Å². The minimum absolute atomic E-state index is 0.109. The molecule has 0 amide bonds. The van der Waals surface area contributed by atoms with Crippen molar-refractivity contribution in [3.63, 3.8) is 0 Å². The van der Waals surface area contributed by atoms with Gasteiger partial charge in [0.25, 0.3) is 7.52 Å². The van der Waals surface area contributed by atoms with Gasteiger partial charge in [0, 0.05) is 18.5 Å². The van der Waals surface area contributed by atoms with Crippen LogP contribution in [0.5, 0.6) is 0 Å². The molecule has 1 aliphatic heterocycles. The second-order valence-electron chi connectivity index (χ2n) is 10.7. The summed E-state index contributed by atoms with van der Waals surface area (Å²) in [5.74, 6) is 0.109. The molecule has 1 rings (SSSR count). The van der Waals surface area contributed by atoms with E-state index in [1.807, 2.05) is 32.4 Å². The largest absolute Gasteiger partial charge is 0.309 e. The first kappa shape index (κ1) is 26.9. The first-order valence-electron chi connectivity index (χ1n) is 12.0. The summed E-state index contributed by atoms with van der Waals surface area (Å²) in [5, 5.41) is -0.936. The molecule has 0 aromatic carbocycles. The molecule has 29 heavy (non-hydrogen) atoms. The van der Waals surface area contributed by atoms with Crippen molar-refractivity contribution in [2.24, 2.45) is 0 Å². The number of hydrogen-bond acceptors (Lipinski definition) is 3. The number of rotatable bonds is 13. The monoisotopic (exact) mass is 429 g/mol. The zero-order valence-corrected chi connectivity index (χ0v) is 21.5. The standard InChI is InChI=1S/C24H48NO3P/c1-9-11-12-13-14-15-16-17-18-19-21(26)24(8,10-2)29(27)25(22(3,4)5)20-23(6,7)28-29/h9-20H2,1-8H3/t24-,29-/m1/s1. The second kappa shape index (κ2) is 10.9. The molecular weight excluding hydrogens is 381 g/mol. The van der Waals surface area contributed by atoms with Gasteiger partial charge in [-0.05, 0) is 54.4 Å². The van der Waals surface area contributed by atoms with Gasteiger partial charge in [0.15, 0.2) is 0 Å². The molecule has 2 atom stereocenters. The van der Waals surface area contributed by atoms with Gasteiger partial charge in [0.1, 0.15) is 10.9 Å². The Balaban J connectivity index is 2.68. The molecule has 4 nitrogen and oxygen atoms in total. The van der Waals surface area contributed by atoms with Gasteiger partial charge in [-0.2, -0.15) is 0 Å². The predicted octanol–water partition coefficient (Wildman–Crippen LogP) is 7.75. The molecule has 0 aliphatic carbocycles. The van der Waals surface area contributed by atoms with Crippen LogP contribution in [0.3, 0.4) is 0 Å². The van der Waals surface area contributed by atoms with Gasteiger partial charge < -0.3 is 4.52 Å². The Morgan fingerprint density at radius 1 is 0.931 bits per heavy atom. The van der Waals surface area contributed by atoms with Gasteiger partial charge in [-0.25, -0.2) is 4.67 Å². The van der Waals surface area contributed by atoms with Crippen LogP contribution < -0.4 is 0 Å². The Morgan fingerprint density at radius 3 is 1.86 bits per heavy atom. The third-order valence-corrected chi connectivity index (χ3v) is 10.3. The van der Waals surface area contributed by atoms with Crippen LogP contribution in [0.4, 0.5) is 0 Å². The SMILES string of the molecule is CCCCCCCCCCCC(=O)[C@@](C)(CC)[P@@]1(=O)OC(C)(C)CN1C(C)(C)C. The van der Waals surface area contributed by atoms with Crippen LogP contribution in [0.1, 0.15) is 126 Å². The Kier molecular flexibility index (Phi) is 10.1. The lowest BCUT2D eigenvalue weighted by Gasteiger charge is -2.42. The van der Waals surface area contributed by atoms with E-state index in [4.69, 9.17) is 4.52 Å².